The predicted molar refractivity (Wildman–Crippen MR) is 74.7 cm³/mol. The van der Waals surface area contributed by atoms with Gasteiger partial charge in [-0.3, -0.25) is 4.40 Å². The third kappa shape index (κ3) is 2.16. The van der Waals surface area contributed by atoms with Gasteiger partial charge in [-0.1, -0.05) is 34.1 Å². The molecule has 4 heteroatoms. The summed E-state index contributed by atoms with van der Waals surface area (Å²) < 4.78 is 3.14. The van der Waals surface area contributed by atoms with E-state index in [0.717, 1.165) is 22.4 Å². The summed E-state index contributed by atoms with van der Waals surface area (Å²) in [6.45, 7) is 2.07. The second-order valence-electron chi connectivity index (χ2n) is 4.35. The zero-order valence-corrected chi connectivity index (χ0v) is 11.6. The van der Waals surface area contributed by atoms with E-state index in [1.54, 1.807) is 0 Å². The Bertz CT molecular complexity index is 686. The molecule has 2 aromatic heterocycles. The lowest BCUT2D eigenvalue weighted by Crippen LogP contribution is -1.96. The molecule has 2 heterocycles. The summed E-state index contributed by atoms with van der Waals surface area (Å²) >= 11 is 3.44. The minimum Gasteiger partial charge on any atom is -0.286 e. The Hall–Kier alpha value is -1.68. The van der Waals surface area contributed by atoms with Gasteiger partial charge >= 0.3 is 0 Å². The smallest absolute Gasteiger partial charge is 0.160 e. The van der Waals surface area contributed by atoms with Gasteiger partial charge in [0.2, 0.25) is 0 Å². The van der Waals surface area contributed by atoms with Gasteiger partial charge in [0.05, 0.1) is 0 Å². The Kier molecular flexibility index (Phi) is 2.88. The molecule has 0 amide bonds. The molecule has 3 nitrogen and oxygen atoms in total. The predicted octanol–water partition coefficient (Wildman–Crippen LogP) is 3.39. The highest BCUT2D eigenvalue weighted by molar-refractivity contribution is 9.10. The van der Waals surface area contributed by atoms with Gasteiger partial charge < -0.3 is 0 Å². The molecule has 0 spiro atoms. The van der Waals surface area contributed by atoms with Crippen LogP contribution < -0.4 is 0 Å². The van der Waals surface area contributed by atoms with Gasteiger partial charge in [-0.15, -0.1) is 10.2 Å². The van der Waals surface area contributed by atoms with E-state index in [-0.39, 0.29) is 0 Å². The van der Waals surface area contributed by atoms with Crippen LogP contribution in [0.15, 0.2) is 47.1 Å². The highest BCUT2D eigenvalue weighted by Gasteiger charge is 2.06. The van der Waals surface area contributed by atoms with Crippen molar-refractivity contribution in [2.24, 2.45) is 0 Å². The van der Waals surface area contributed by atoms with Gasteiger partial charge in [-0.2, -0.15) is 0 Å². The van der Waals surface area contributed by atoms with Gasteiger partial charge in [0.1, 0.15) is 5.82 Å². The second-order valence-corrected chi connectivity index (χ2v) is 5.27. The molecule has 0 aliphatic carbocycles. The minimum absolute atomic E-state index is 0.790. The maximum atomic E-state index is 4.26. The third-order valence-electron chi connectivity index (χ3n) is 2.90. The minimum atomic E-state index is 0.790. The number of nitrogens with zero attached hydrogens (tertiary/aromatic N) is 3. The van der Waals surface area contributed by atoms with E-state index >= 15 is 0 Å². The van der Waals surface area contributed by atoms with Crippen LogP contribution in [0.5, 0.6) is 0 Å². The van der Waals surface area contributed by atoms with Gasteiger partial charge in [0, 0.05) is 17.1 Å². The van der Waals surface area contributed by atoms with E-state index in [2.05, 4.69) is 55.8 Å². The van der Waals surface area contributed by atoms with Crippen LogP contribution in [-0.4, -0.2) is 14.6 Å². The maximum absolute atomic E-state index is 4.26. The summed E-state index contributed by atoms with van der Waals surface area (Å²) in [5.74, 6) is 0.969. The van der Waals surface area contributed by atoms with E-state index in [4.69, 9.17) is 0 Å². The van der Waals surface area contributed by atoms with Crippen molar-refractivity contribution in [3.63, 3.8) is 0 Å². The molecule has 0 saturated heterocycles. The van der Waals surface area contributed by atoms with Crippen LogP contribution >= 0.6 is 15.9 Å². The molecule has 0 N–H and O–H groups in total. The Morgan fingerprint density at radius 2 is 1.83 bits per heavy atom. The van der Waals surface area contributed by atoms with Crippen LogP contribution in [0.3, 0.4) is 0 Å². The van der Waals surface area contributed by atoms with Crippen LogP contribution in [-0.2, 0) is 6.42 Å². The summed E-state index contributed by atoms with van der Waals surface area (Å²) in [6, 6.07) is 12.3. The molecular formula is C14H12BrN3. The van der Waals surface area contributed by atoms with E-state index in [1.807, 2.05) is 24.3 Å². The summed E-state index contributed by atoms with van der Waals surface area (Å²) in [4.78, 5) is 0. The summed E-state index contributed by atoms with van der Waals surface area (Å²) in [5.41, 5.74) is 3.33. The lowest BCUT2D eigenvalue weighted by molar-refractivity contribution is 0.931. The van der Waals surface area contributed by atoms with Crippen molar-refractivity contribution in [2.45, 2.75) is 13.3 Å². The molecule has 0 aliphatic heterocycles. The number of aryl methyl sites for hydroxylation is 1. The summed E-state index contributed by atoms with van der Waals surface area (Å²) in [6.07, 6.45) is 2.86. The Labute approximate surface area is 114 Å². The van der Waals surface area contributed by atoms with Gasteiger partial charge in [0.15, 0.2) is 5.65 Å². The first-order valence-electron chi connectivity index (χ1n) is 5.77. The largest absolute Gasteiger partial charge is 0.286 e. The fourth-order valence-corrected chi connectivity index (χ4v) is 2.21. The summed E-state index contributed by atoms with van der Waals surface area (Å²) in [5, 5.41) is 8.43. The van der Waals surface area contributed by atoms with E-state index in [9.17, 15) is 0 Å². The number of pyridine rings is 1. The van der Waals surface area contributed by atoms with Crippen molar-refractivity contribution < 1.29 is 0 Å². The lowest BCUT2D eigenvalue weighted by Gasteiger charge is -2.01. The normalized spacial score (nSPS) is 11.0. The SMILES string of the molecule is Cc1ccc2nnc(Cc3ccc(Br)cc3)n2c1. The fraction of sp³-hybridized carbons (Fsp3) is 0.143. The van der Waals surface area contributed by atoms with E-state index in [0.29, 0.717) is 0 Å². The molecule has 0 bridgehead atoms. The average Bonchev–Trinajstić information content (AvgIpc) is 2.75. The average molecular weight is 302 g/mol. The number of rotatable bonds is 2. The molecule has 90 valence electrons. The van der Waals surface area contributed by atoms with Crippen LogP contribution in [0.1, 0.15) is 17.0 Å². The third-order valence-corrected chi connectivity index (χ3v) is 3.42. The maximum Gasteiger partial charge on any atom is 0.160 e. The van der Waals surface area contributed by atoms with Crippen molar-refractivity contribution in [3.05, 3.63) is 64.0 Å². The van der Waals surface area contributed by atoms with Crippen molar-refractivity contribution in [3.8, 4) is 0 Å². The topological polar surface area (TPSA) is 30.2 Å². The number of hydrogen-bond donors (Lipinski definition) is 0. The quantitative estimate of drug-likeness (QED) is 0.726. The first kappa shape index (κ1) is 11.4. The van der Waals surface area contributed by atoms with Crippen molar-refractivity contribution in [2.75, 3.05) is 0 Å². The van der Waals surface area contributed by atoms with Crippen molar-refractivity contribution in [1.82, 2.24) is 14.6 Å². The Balaban J connectivity index is 1.99. The first-order valence-corrected chi connectivity index (χ1v) is 6.56. The molecule has 0 radical (unpaired) electrons. The van der Waals surface area contributed by atoms with E-state index < -0.39 is 0 Å². The van der Waals surface area contributed by atoms with Gasteiger partial charge in [0.25, 0.3) is 0 Å². The Morgan fingerprint density at radius 3 is 2.61 bits per heavy atom. The first-order chi connectivity index (χ1) is 8.72. The molecule has 1 aromatic carbocycles. The molecule has 0 saturated carbocycles. The molecule has 18 heavy (non-hydrogen) atoms. The Morgan fingerprint density at radius 1 is 1.06 bits per heavy atom. The van der Waals surface area contributed by atoms with E-state index in [1.165, 1.54) is 11.1 Å². The molecule has 0 unspecified atom stereocenters. The number of benzene rings is 1. The second kappa shape index (κ2) is 4.53. The van der Waals surface area contributed by atoms with Crippen LogP contribution in [0, 0.1) is 6.92 Å². The number of aromatic nitrogens is 3. The number of hydrogen-bond acceptors (Lipinski definition) is 2. The molecule has 0 fully saturated rings. The highest BCUT2D eigenvalue weighted by atomic mass is 79.9. The van der Waals surface area contributed by atoms with Crippen molar-refractivity contribution >= 4 is 21.6 Å². The van der Waals surface area contributed by atoms with Crippen LogP contribution in [0.4, 0.5) is 0 Å². The molecule has 0 atom stereocenters. The summed E-state index contributed by atoms with van der Waals surface area (Å²) in [7, 11) is 0. The standard InChI is InChI=1S/C14H12BrN3/c1-10-2-7-13-16-17-14(18(13)9-10)8-11-3-5-12(15)6-4-11/h2-7,9H,8H2,1H3. The molecular weight excluding hydrogens is 290 g/mol. The fourth-order valence-electron chi connectivity index (χ4n) is 1.95. The zero-order valence-electron chi connectivity index (χ0n) is 9.97. The molecule has 3 aromatic rings. The number of fused-ring (bicyclic) bond motifs is 1. The highest BCUT2D eigenvalue weighted by Crippen LogP contribution is 2.14. The van der Waals surface area contributed by atoms with Crippen LogP contribution in [0.2, 0.25) is 0 Å². The monoisotopic (exact) mass is 301 g/mol. The van der Waals surface area contributed by atoms with Gasteiger partial charge in [-0.05, 0) is 36.2 Å². The zero-order chi connectivity index (χ0) is 12.5. The van der Waals surface area contributed by atoms with Crippen molar-refractivity contribution in [1.29, 1.82) is 0 Å². The van der Waals surface area contributed by atoms with Crippen LogP contribution in [0.25, 0.3) is 5.65 Å². The van der Waals surface area contributed by atoms with Gasteiger partial charge in [-0.25, -0.2) is 0 Å². The lowest BCUT2D eigenvalue weighted by atomic mass is 10.1. The molecule has 0 aliphatic rings. The molecule has 3 rings (SSSR count). The number of halogens is 1.